The van der Waals surface area contributed by atoms with E-state index < -0.39 is 10.0 Å². The number of rotatable bonds is 6. The highest BCUT2D eigenvalue weighted by Gasteiger charge is 2.31. The van der Waals surface area contributed by atoms with Crippen LogP contribution in [0.4, 0.5) is 0 Å². The molecule has 1 aromatic carbocycles. The lowest BCUT2D eigenvalue weighted by atomic mass is 10.0. The van der Waals surface area contributed by atoms with Crippen LogP contribution >= 0.6 is 0 Å². The van der Waals surface area contributed by atoms with Gasteiger partial charge in [-0.05, 0) is 13.0 Å². The number of nitrogens with one attached hydrogen (secondary N) is 1. The highest BCUT2D eigenvalue weighted by Crippen LogP contribution is 2.30. The third-order valence-electron chi connectivity index (χ3n) is 4.26. The van der Waals surface area contributed by atoms with Crippen molar-refractivity contribution in [1.82, 2.24) is 14.5 Å². The number of hydrogen-bond acceptors (Lipinski definition) is 5. The number of piperazine rings is 1. The Morgan fingerprint density at radius 3 is 2.79 bits per heavy atom. The molecule has 0 aliphatic carbocycles. The summed E-state index contributed by atoms with van der Waals surface area (Å²) >= 11 is 0. The number of nitrogens with zero attached hydrogens (tertiary/aromatic N) is 2. The van der Waals surface area contributed by atoms with E-state index in [4.69, 9.17) is 4.74 Å². The molecule has 1 fully saturated rings. The van der Waals surface area contributed by atoms with Crippen molar-refractivity contribution in [1.29, 1.82) is 0 Å². The van der Waals surface area contributed by atoms with Crippen LogP contribution in [0.3, 0.4) is 0 Å². The molecule has 1 N–H and O–H groups in total. The van der Waals surface area contributed by atoms with Crippen LogP contribution in [0.15, 0.2) is 24.3 Å². The number of hydrogen-bond donors (Lipinski definition) is 1. The third-order valence-corrected chi connectivity index (χ3v) is 6.07. The number of likely N-dealkylation sites (N-methyl/N-ethyl adjacent to an activating group) is 1. The summed E-state index contributed by atoms with van der Waals surface area (Å²) in [6.45, 7) is 3.24. The first-order valence-electron chi connectivity index (χ1n) is 7.97. The highest BCUT2D eigenvalue weighted by atomic mass is 32.2. The molecule has 134 valence electrons. The molecule has 1 heterocycles. The maximum Gasteiger partial charge on any atom is 0.238 e. The van der Waals surface area contributed by atoms with Gasteiger partial charge in [0.15, 0.2) is 0 Å². The van der Waals surface area contributed by atoms with Crippen molar-refractivity contribution in [2.24, 2.45) is 0 Å². The Kier molecular flexibility index (Phi) is 6.20. The van der Waals surface area contributed by atoms with Crippen LogP contribution in [0.2, 0.25) is 0 Å². The number of benzene rings is 1. The summed E-state index contributed by atoms with van der Waals surface area (Å²) in [7, 11) is -0.340. The van der Waals surface area contributed by atoms with Crippen molar-refractivity contribution in [3.05, 3.63) is 29.8 Å². The van der Waals surface area contributed by atoms with Crippen molar-refractivity contribution in [2.45, 2.75) is 13.0 Å². The van der Waals surface area contributed by atoms with E-state index in [0.29, 0.717) is 19.6 Å². The molecular weight excluding hydrogens is 330 g/mol. The second-order valence-electron chi connectivity index (χ2n) is 5.71. The molecule has 0 bridgehead atoms. The molecule has 1 unspecified atom stereocenters. The van der Waals surface area contributed by atoms with Gasteiger partial charge >= 0.3 is 0 Å². The number of carbonyl (C=O) groups excluding carboxylic acids is 1. The van der Waals surface area contributed by atoms with Gasteiger partial charge in [-0.3, -0.25) is 4.79 Å². The van der Waals surface area contributed by atoms with Gasteiger partial charge in [-0.2, -0.15) is 4.31 Å². The third kappa shape index (κ3) is 4.06. The number of sulfonamides is 1. The van der Waals surface area contributed by atoms with E-state index >= 15 is 0 Å². The molecule has 0 spiro atoms. The highest BCUT2D eigenvalue weighted by molar-refractivity contribution is 7.89. The second-order valence-corrected chi connectivity index (χ2v) is 8.07. The molecule has 1 amide bonds. The summed E-state index contributed by atoms with van der Waals surface area (Å²) in [5.41, 5.74) is 0.918. The van der Waals surface area contributed by atoms with E-state index in [9.17, 15) is 13.2 Å². The molecule has 24 heavy (non-hydrogen) atoms. The first-order valence-corrected chi connectivity index (χ1v) is 9.58. The summed E-state index contributed by atoms with van der Waals surface area (Å²) in [6.07, 6.45) is 0. The zero-order valence-corrected chi connectivity index (χ0v) is 15.2. The monoisotopic (exact) mass is 355 g/mol. The van der Waals surface area contributed by atoms with Gasteiger partial charge in [0.2, 0.25) is 15.9 Å². The number of methoxy groups -OCH3 is 1. The van der Waals surface area contributed by atoms with Gasteiger partial charge in [-0.15, -0.1) is 0 Å². The minimum absolute atomic E-state index is 0.0196. The topological polar surface area (TPSA) is 79.0 Å². The van der Waals surface area contributed by atoms with E-state index in [2.05, 4.69) is 5.32 Å². The molecule has 1 saturated heterocycles. The lowest BCUT2D eigenvalue weighted by Crippen LogP contribution is -2.51. The van der Waals surface area contributed by atoms with E-state index in [0.717, 1.165) is 15.6 Å². The zero-order valence-electron chi connectivity index (χ0n) is 14.4. The van der Waals surface area contributed by atoms with Gasteiger partial charge < -0.3 is 15.0 Å². The molecule has 7 nitrogen and oxygen atoms in total. The van der Waals surface area contributed by atoms with Crippen LogP contribution < -0.4 is 10.1 Å². The van der Waals surface area contributed by atoms with Gasteiger partial charge in [0.05, 0.1) is 25.4 Å². The smallest absolute Gasteiger partial charge is 0.238 e. The van der Waals surface area contributed by atoms with Gasteiger partial charge in [-0.25, -0.2) is 8.42 Å². The standard InChI is InChI=1S/C16H25N3O4S/c1-4-24(21,22)18(2)12-16(20)19-10-9-17-11-14(19)13-7-5-6-8-15(13)23-3/h5-8,14,17H,4,9-12H2,1-3H3. The molecule has 2 rings (SSSR count). The number of carbonyl (C=O) groups is 1. The minimum atomic E-state index is -3.38. The normalized spacial score (nSPS) is 18.7. The lowest BCUT2D eigenvalue weighted by molar-refractivity contribution is -0.134. The van der Waals surface area contributed by atoms with Crippen LogP contribution in [0.1, 0.15) is 18.5 Å². The molecule has 1 atom stereocenters. The van der Waals surface area contributed by atoms with E-state index in [-0.39, 0.29) is 24.2 Å². The quantitative estimate of drug-likeness (QED) is 0.802. The lowest BCUT2D eigenvalue weighted by Gasteiger charge is -2.37. The molecular formula is C16H25N3O4S. The van der Waals surface area contributed by atoms with Crippen molar-refractivity contribution >= 4 is 15.9 Å². The molecule has 1 aromatic rings. The molecule has 0 saturated carbocycles. The Bertz CT molecular complexity index is 678. The summed E-state index contributed by atoms with van der Waals surface area (Å²) < 4.78 is 30.3. The van der Waals surface area contributed by atoms with Crippen LogP contribution in [-0.4, -0.2) is 69.6 Å². The summed E-state index contributed by atoms with van der Waals surface area (Å²) in [4.78, 5) is 14.4. The number of amides is 1. The molecule has 0 aromatic heterocycles. The predicted octanol–water partition coefficient (Wildman–Crippen LogP) is 0.450. The fraction of sp³-hybridized carbons (Fsp3) is 0.562. The Balaban J connectivity index is 2.21. The van der Waals surface area contributed by atoms with Gasteiger partial charge in [0.25, 0.3) is 0 Å². The van der Waals surface area contributed by atoms with Gasteiger partial charge in [0, 0.05) is 32.2 Å². The average Bonchev–Trinajstić information content (AvgIpc) is 2.61. The zero-order chi connectivity index (χ0) is 17.7. The number of para-hydroxylation sites is 1. The Morgan fingerprint density at radius 2 is 2.12 bits per heavy atom. The van der Waals surface area contributed by atoms with Crippen molar-refractivity contribution in [3.63, 3.8) is 0 Å². The van der Waals surface area contributed by atoms with E-state index in [1.54, 1.807) is 18.9 Å². The summed E-state index contributed by atoms with van der Waals surface area (Å²) in [5, 5.41) is 3.28. The van der Waals surface area contributed by atoms with E-state index in [1.165, 1.54) is 7.05 Å². The SMILES string of the molecule is CCS(=O)(=O)N(C)CC(=O)N1CCNCC1c1ccccc1OC. The Hall–Kier alpha value is -1.64. The summed E-state index contributed by atoms with van der Waals surface area (Å²) in [6, 6.07) is 7.40. The maximum absolute atomic E-state index is 12.7. The summed E-state index contributed by atoms with van der Waals surface area (Å²) in [5.74, 6) is 0.499. The predicted molar refractivity (Wildman–Crippen MR) is 92.4 cm³/mol. The molecule has 0 radical (unpaired) electrons. The largest absolute Gasteiger partial charge is 0.496 e. The van der Waals surface area contributed by atoms with E-state index in [1.807, 2.05) is 24.3 Å². The van der Waals surface area contributed by atoms with Crippen molar-refractivity contribution < 1.29 is 17.9 Å². The Labute approximate surface area is 143 Å². The second kappa shape index (κ2) is 7.96. The van der Waals surface area contributed by atoms with Crippen LogP contribution in [0, 0.1) is 0 Å². The first kappa shape index (κ1) is 18.7. The molecule has 8 heteroatoms. The Morgan fingerprint density at radius 1 is 1.42 bits per heavy atom. The minimum Gasteiger partial charge on any atom is -0.496 e. The van der Waals surface area contributed by atoms with Crippen molar-refractivity contribution in [2.75, 3.05) is 46.1 Å². The van der Waals surface area contributed by atoms with Gasteiger partial charge in [0.1, 0.15) is 5.75 Å². The molecule has 1 aliphatic heterocycles. The first-order chi connectivity index (χ1) is 11.4. The van der Waals surface area contributed by atoms with Crippen LogP contribution in [0.25, 0.3) is 0 Å². The van der Waals surface area contributed by atoms with Gasteiger partial charge in [-0.1, -0.05) is 18.2 Å². The molecule has 1 aliphatic rings. The van der Waals surface area contributed by atoms with Crippen molar-refractivity contribution in [3.8, 4) is 5.75 Å². The van der Waals surface area contributed by atoms with Crippen LogP contribution in [-0.2, 0) is 14.8 Å². The average molecular weight is 355 g/mol. The number of ether oxygens (including phenoxy) is 1. The van der Waals surface area contributed by atoms with Crippen LogP contribution in [0.5, 0.6) is 5.75 Å². The maximum atomic E-state index is 12.7. The fourth-order valence-electron chi connectivity index (χ4n) is 2.82. The fourth-order valence-corrected chi connectivity index (χ4v) is 3.57.